The van der Waals surface area contributed by atoms with Gasteiger partial charge in [-0.15, -0.1) is 11.8 Å². The standard InChI is InChI=1S/C25H36N4O4S/c1-5-16(26-4)22(30)28-18-11-13-34-20-14-25(2,3)21(29(20)24(18)32)23(31)27-17-10-12-33-19-9-7-6-8-15(17)19/h6-9,16-18,20-21,26H,5,10-14H2,1-4H3,(H,27,31)(H,28,30)/t16?,17?,18-,20?,21+/m0/s1. The lowest BCUT2D eigenvalue weighted by Gasteiger charge is -2.36. The number of hydrogen-bond acceptors (Lipinski definition) is 6. The Morgan fingerprint density at radius 2 is 1.97 bits per heavy atom. The van der Waals surface area contributed by atoms with E-state index in [1.807, 2.05) is 31.2 Å². The van der Waals surface area contributed by atoms with Crippen molar-refractivity contribution in [2.75, 3.05) is 19.4 Å². The number of nitrogens with one attached hydrogen (secondary N) is 3. The largest absolute Gasteiger partial charge is 0.493 e. The van der Waals surface area contributed by atoms with Gasteiger partial charge in [-0.3, -0.25) is 14.4 Å². The number of rotatable bonds is 6. The monoisotopic (exact) mass is 488 g/mol. The molecule has 2 fully saturated rings. The van der Waals surface area contributed by atoms with Crippen molar-refractivity contribution in [3.8, 4) is 5.75 Å². The molecule has 0 spiro atoms. The SMILES string of the molecule is CCC(NC)C(=O)N[C@H]1CCSC2CC(C)(C)[C@@H](C(=O)NC3CCOc4ccccc43)N2C1=O. The lowest BCUT2D eigenvalue weighted by atomic mass is 9.83. The van der Waals surface area contributed by atoms with Gasteiger partial charge in [0.05, 0.1) is 24.1 Å². The van der Waals surface area contributed by atoms with E-state index in [4.69, 9.17) is 4.74 Å². The first kappa shape index (κ1) is 24.9. The second kappa shape index (κ2) is 10.2. The number of nitrogens with zero attached hydrogens (tertiary/aromatic N) is 1. The number of carbonyl (C=O) groups is 3. The molecule has 0 bridgehead atoms. The van der Waals surface area contributed by atoms with Crippen molar-refractivity contribution in [1.29, 1.82) is 0 Å². The fraction of sp³-hybridized carbons (Fsp3) is 0.640. The van der Waals surface area contributed by atoms with E-state index in [0.717, 1.165) is 23.5 Å². The fourth-order valence-electron chi connectivity index (χ4n) is 5.39. The molecule has 3 unspecified atom stereocenters. The molecule has 1 aromatic carbocycles. The molecule has 5 atom stereocenters. The lowest BCUT2D eigenvalue weighted by molar-refractivity contribution is -0.144. The molecule has 34 heavy (non-hydrogen) atoms. The summed E-state index contributed by atoms with van der Waals surface area (Å²) in [6.45, 7) is 6.58. The third-order valence-corrected chi connectivity index (χ3v) is 8.46. The molecule has 0 aromatic heterocycles. The highest BCUT2D eigenvalue weighted by Gasteiger charge is 2.54. The highest BCUT2D eigenvalue weighted by atomic mass is 32.2. The maximum atomic E-state index is 13.7. The second-order valence-corrected chi connectivity index (χ2v) is 11.3. The van der Waals surface area contributed by atoms with Gasteiger partial charge in [0.15, 0.2) is 0 Å². The zero-order chi connectivity index (χ0) is 24.5. The Hall–Kier alpha value is -2.26. The highest BCUT2D eigenvalue weighted by Crippen LogP contribution is 2.46. The first-order valence-electron chi connectivity index (χ1n) is 12.2. The predicted octanol–water partition coefficient (Wildman–Crippen LogP) is 2.20. The quantitative estimate of drug-likeness (QED) is 0.568. The van der Waals surface area contributed by atoms with E-state index >= 15 is 0 Å². The van der Waals surface area contributed by atoms with Crippen molar-refractivity contribution < 1.29 is 19.1 Å². The van der Waals surface area contributed by atoms with Crippen LogP contribution in [0, 0.1) is 5.41 Å². The van der Waals surface area contributed by atoms with Gasteiger partial charge in [-0.2, -0.15) is 0 Å². The summed E-state index contributed by atoms with van der Waals surface area (Å²) >= 11 is 1.71. The van der Waals surface area contributed by atoms with Gasteiger partial charge in [-0.1, -0.05) is 39.0 Å². The van der Waals surface area contributed by atoms with Crippen LogP contribution in [0.25, 0.3) is 0 Å². The first-order chi connectivity index (χ1) is 16.3. The highest BCUT2D eigenvalue weighted by molar-refractivity contribution is 7.99. The van der Waals surface area contributed by atoms with Gasteiger partial charge in [0.1, 0.15) is 17.8 Å². The van der Waals surface area contributed by atoms with Crippen molar-refractivity contribution in [2.45, 2.75) is 76.0 Å². The summed E-state index contributed by atoms with van der Waals surface area (Å²) in [6.07, 6.45) is 2.61. The Labute approximate surface area is 205 Å². The summed E-state index contributed by atoms with van der Waals surface area (Å²) < 4.78 is 5.75. The van der Waals surface area contributed by atoms with Crippen LogP contribution in [0.5, 0.6) is 5.75 Å². The van der Waals surface area contributed by atoms with Crippen LogP contribution in [0.1, 0.15) is 58.1 Å². The molecule has 0 saturated carbocycles. The number of carbonyl (C=O) groups excluding carboxylic acids is 3. The van der Waals surface area contributed by atoms with Crippen LogP contribution in [0.3, 0.4) is 0 Å². The molecule has 1 aromatic rings. The van der Waals surface area contributed by atoms with E-state index in [1.165, 1.54) is 0 Å². The minimum absolute atomic E-state index is 0.0756. The van der Waals surface area contributed by atoms with Crippen LogP contribution in [0.15, 0.2) is 24.3 Å². The van der Waals surface area contributed by atoms with Crippen molar-refractivity contribution in [2.24, 2.45) is 5.41 Å². The summed E-state index contributed by atoms with van der Waals surface area (Å²) in [5, 5.41) is 9.09. The van der Waals surface area contributed by atoms with Gasteiger partial charge in [0.2, 0.25) is 17.7 Å². The lowest BCUT2D eigenvalue weighted by Crippen LogP contribution is -2.58. The maximum absolute atomic E-state index is 13.7. The van der Waals surface area contributed by atoms with E-state index in [9.17, 15) is 14.4 Å². The first-order valence-corrected chi connectivity index (χ1v) is 13.2. The summed E-state index contributed by atoms with van der Waals surface area (Å²) in [5.74, 6) is 1.07. The van der Waals surface area contributed by atoms with Gasteiger partial charge < -0.3 is 25.6 Å². The van der Waals surface area contributed by atoms with E-state index in [2.05, 4.69) is 29.8 Å². The van der Waals surface area contributed by atoms with Gasteiger partial charge >= 0.3 is 0 Å². The van der Waals surface area contributed by atoms with E-state index in [1.54, 1.807) is 23.7 Å². The third kappa shape index (κ3) is 4.77. The Bertz CT molecular complexity index is 935. The number of benzene rings is 1. The molecule has 186 valence electrons. The van der Waals surface area contributed by atoms with Crippen LogP contribution in [0.4, 0.5) is 0 Å². The smallest absolute Gasteiger partial charge is 0.246 e. The molecule has 0 aliphatic carbocycles. The fourth-order valence-corrected chi connectivity index (χ4v) is 6.96. The van der Waals surface area contributed by atoms with Crippen molar-refractivity contribution in [3.05, 3.63) is 29.8 Å². The van der Waals surface area contributed by atoms with Gasteiger partial charge in [-0.25, -0.2) is 0 Å². The molecule has 2 saturated heterocycles. The number of hydrogen-bond donors (Lipinski definition) is 3. The molecular weight excluding hydrogens is 452 g/mol. The summed E-state index contributed by atoms with van der Waals surface area (Å²) in [4.78, 5) is 41.9. The van der Waals surface area contributed by atoms with E-state index < -0.39 is 12.1 Å². The Morgan fingerprint density at radius 3 is 2.71 bits per heavy atom. The summed E-state index contributed by atoms with van der Waals surface area (Å²) in [7, 11) is 1.74. The van der Waals surface area contributed by atoms with Crippen LogP contribution in [-0.4, -0.2) is 65.5 Å². The molecule has 3 amide bonds. The van der Waals surface area contributed by atoms with Crippen LogP contribution in [0.2, 0.25) is 0 Å². The average molecular weight is 489 g/mol. The van der Waals surface area contributed by atoms with Crippen molar-refractivity contribution in [3.63, 3.8) is 0 Å². The molecular formula is C25H36N4O4S. The molecule has 8 nitrogen and oxygen atoms in total. The topological polar surface area (TPSA) is 99.8 Å². The van der Waals surface area contributed by atoms with Crippen molar-refractivity contribution >= 4 is 29.5 Å². The van der Waals surface area contributed by atoms with Gasteiger partial charge in [0, 0.05) is 12.0 Å². The maximum Gasteiger partial charge on any atom is 0.246 e. The Balaban J connectivity index is 1.55. The third-order valence-electron chi connectivity index (χ3n) is 7.21. The van der Waals surface area contributed by atoms with Gasteiger partial charge in [-0.05, 0) is 43.5 Å². The van der Waals surface area contributed by atoms with Crippen LogP contribution in [-0.2, 0) is 14.4 Å². The predicted molar refractivity (Wildman–Crippen MR) is 132 cm³/mol. The molecule has 3 N–H and O–H groups in total. The number of ether oxygens (including phenoxy) is 1. The van der Waals surface area contributed by atoms with E-state index in [-0.39, 0.29) is 40.6 Å². The Morgan fingerprint density at radius 1 is 1.21 bits per heavy atom. The minimum atomic E-state index is -0.625. The molecule has 3 aliphatic heterocycles. The molecule has 4 rings (SSSR count). The zero-order valence-corrected chi connectivity index (χ0v) is 21.2. The molecule has 3 aliphatic rings. The number of thioether (sulfide) groups is 1. The van der Waals surface area contributed by atoms with Crippen molar-refractivity contribution in [1.82, 2.24) is 20.9 Å². The molecule has 9 heteroatoms. The minimum Gasteiger partial charge on any atom is -0.493 e. The number of likely N-dealkylation sites (N-methyl/N-ethyl adjacent to an activating group) is 1. The van der Waals surface area contributed by atoms with Crippen LogP contribution < -0.4 is 20.7 Å². The molecule has 0 radical (unpaired) electrons. The average Bonchev–Trinajstić information content (AvgIpc) is 3.00. The molecule has 3 heterocycles. The van der Waals surface area contributed by atoms with E-state index in [0.29, 0.717) is 25.9 Å². The van der Waals surface area contributed by atoms with Gasteiger partial charge in [0.25, 0.3) is 0 Å². The van der Waals surface area contributed by atoms with Crippen LogP contribution >= 0.6 is 11.8 Å². The Kier molecular flexibility index (Phi) is 7.42. The summed E-state index contributed by atoms with van der Waals surface area (Å²) in [6, 6.07) is 6.04. The number of para-hydroxylation sites is 1. The second-order valence-electron chi connectivity index (χ2n) is 10.0. The zero-order valence-electron chi connectivity index (χ0n) is 20.4. The normalized spacial score (nSPS) is 28.7. The number of amides is 3. The summed E-state index contributed by atoms with van der Waals surface area (Å²) in [5.41, 5.74) is 0.583. The number of fused-ring (bicyclic) bond motifs is 2.